The molecule has 0 saturated heterocycles. The third-order valence-corrected chi connectivity index (χ3v) is 2.73. The van der Waals surface area contributed by atoms with Crippen molar-refractivity contribution in [3.8, 4) is 0 Å². The number of amides is 1. The minimum absolute atomic E-state index is 0.0734. The molecule has 1 aliphatic rings. The number of aromatic nitrogens is 2. The van der Waals surface area contributed by atoms with Gasteiger partial charge in [0.05, 0.1) is 23.4 Å². The van der Waals surface area contributed by atoms with Crippen molar-refractivity contribution in [3.05, 3.63) is 21.9 Å². The zero-order chi connectivity index (χ0) is 12.4. The molecule has 0 bridgehead atoms. The average Bonchev–Trinajstić information content (AvgIpc) is 3.04. The molecule has 0 aliphatic heterocycles. The van der Waals surface area contributed by atoms with Crippen LogP contribution in [0.15, 0.2) is 6.07 Å². The van der Waals surface area contributed by atoms with Gasteiger partial charge in [-0.25, -0.2) is 0 Å². The Morgan fingerprint density at radius 1 is 1.71 bits per heavy atom. The minimum atomic E-state index is -0.522. The summed E-state index contributed by atoms with van der Waals surface area (Å²) < 4.78 is 1.53. The fourth-order valence-corrected chi connectivity index (χ4v) is 1.58. The Labute approximate surface area is 98.0 Å². The van der Waals surface area contributed by atoms with E-state index in [1.165, 1.54) is 10.7 Å². The average molecular weight is 238 g/mol. The van der Waals surface area contributed by atoms with Crippen LogP contribution in [0.4, 0.5) is 5.82 Å². The molecule has 1 N–H and O–H groups in total. The summed E-state index contributed by atoms with van der Waals surface area (Å²) in [6.45, 7) is 2.66. The Morgan fingerprint density at radius 2 is 2.41 bits per heavy atom. The molecule has 0 aromatic carbocycles. The fraction of sp³-hybridized carbons (Fsp3) is 0.600. The summed E-state index contributed by atoms with van der Waals surface area (Å²) in [5.74, 6) is 0.100. The molecule has 92 valence electrons. The van der Waals surface area contributed by atoms with E-state index in [0.29, 0.717) is 13.1 Å². The van der Waals surface area contributed by atoms with Crippen LogP contribution in [0, 0.1) is 23.0 Å². The van der Waals surface area contributed by atoms with E-state index in [9.17, 15) is 14.9 Å². The maximum absolute atomic E-state index is 11.3. The van der Waals surface area contributed by atoms with E-state index in [1.54, 1.807) is 6.92 Å². The lowest BCUT2D eigenvalue weighted by molar-refractivity contribution is -0.389. The smallest absolute Gasteiger partial charge is 0.358 e. The molecule has 2 rings (SSSR count). The number of nitrogens with zero attached hydrogens (tertiary/aromatic N) is 3. The van der Waals surface area contributed by atoms with Gasteiger partial charge in [0.2, 0.25) is 5.91 Å². The summed E-state index contributed by atoms with van der Waals surface area (Å²) in [4.78, 5) is 21.3. The number of aryl methyl sites for hydroxylation is 1. The van der Waals surface area contributed by atoms with Crippen molar-refractivity contribution >= 4 is 11.7 Å². The first-order valence-corrected chi connectivity index (χ1v) is 5.54. The minimum Gasteiger partial charge on any atom is -0.358 e. The Balaban J connectivity index is 1.85. The molecule has 1 amide bonds. The molecule has 0 radical (unpaired) electrons. The summed E-state index contributed by atoms with van der Waals surface area (Å²) in [5, 5.41) is 17.1. The van der Waals surface area contributed by atoms with Gasteiger partial charge in [-0.05, 0) is 24.7 Å². The maximum Gasteiger partial charge on any atom is 0.390 e. The Kier molecular flexibility index (Phi) is 3.08. The highest BCUT2D eigenvalue weighted by Gasteiger charge is 2.29. The largest absolute Gasteiger partial charge is 0.390 e. The molecule has 17 heavy (non-hydrogen) atoms. The molecule has 1 saturated carbocycles. The molecule has 1 aliphatic carbocycles. The lowest BCUT2D eigenvalue weighted by Crippen LogP contribution is -2.28. The first-order valence-electron chi connectivity index (χ1n) is 5.54. The van der Waals surface area contributed by atoms with Gasteiger partial charge in [-0.15, -0.1) is 0 Å². The molecule has 1 aromatic heterocycles. The van der Waals surface area contributed by atoms with Gasteiger partial charge < -0.3 is 15.4 Å². The van der Waals surface area contributed by atoms with Gasteiger partial charge in [0.15, 0.2) is 0 Å². The molecule has 7 nitrogen and oxygen atoms in total. The monoisotopic (exact) mass is 238 g/mol. The molecular weight excluding hydrogens is 224 g/mol. The van der Waals surface area contributed by atoms with E-state index >= 15 is 0 Å². The number of nitro groups is 1. The second-order valence-corrected chi connectivity index (χ2v) is 4.19. The van der Waals surface area contributed by atoms with Gasteiger partial charge in [0.25, 0.3) is 0 Å². The van der Waals surface area contributed by atoms with E-state index < -0.39 is 4.92 Å². The molecule has 1 fully saturated rings. The predicted octanol–water partition coefficient (Wildman–Crippen LogP) is 0.626. The highest BCUT2D eigenvalue weighted by Crippen LogP contribution is 2.28. The molecule has 0 unspecified atom stereocenters. The van der Waals surface area contributed by atoms with Crippen molar-refractivity contribution in [2.75, 3.05) is 6.54 Å². The summed E-state index contributed by atoms with van der Waals surface area (Å²) in [5.41, 5.74) is 0.720. The Bertz CT molecular complexity index is 450. The molecule has 0 spiro atoms. The lowest BCUT2D eigenvalue weighted by atomic mass is 10.4. The van der Waals surface area contributed by atoms with Crippen molar-refractivity contribution in [1.82, 2.24) is 15.1 Å². The third-order valence-electron chi connectivity index (χ3n) is 2.73. The Morgan fingerprint density at radius 3 is 2.94 bits per heavy atom. The summed E-state index contributed by atoms with van der Waals surface area (Å²) in [6.07, 6.45) is 1.94. The van der Waals surface area contributed by atoms with Crippen LogP contribution in [-0.2, 0) is 11.3 Å². The summed E-state index contributed by atoms with van der Waals surface area (Å²) in [6, 6.07) is 1.42. The molecule has 0 atom stereocenters. The van der Waals surface area contributed by atoms with Crippen LogP contribution in [0.1, 0.15) is 18.5 Å². The number of hydrogen-bond donors (Lipinski definition) is 1. The summed E-state index contributed by atoms with van der Waals surface area (Å²) in [7, 11) is 0. The van der Waals surface area contributed by atoms with Gasteiger partial charge in [0, 0.05) is 12.5 Å². The zero-order valence-electron chi connectivity index (χ0n) is 9.55. The van der Waals surface area contributed by atoms with Crippen LogP contribution >= 0.6 is 0 Å². The van der Waals surface area contributed by atoms with E-state index in [0.717, 1.165) is 18.5 Å². The van der Waals surface area contributed by atoms with E-state index in [4.69, 9.17) is 0 Å². The number of rotatable bonds is 5. The first kappa shape index (κ1) is 11.6. The van der Waals surface area contributed by atoms with Crippen molar-refractivity contribution in [3.63, 3.8) is 0 Å². The highest BCUT2D eigenvalue weighted by molar-refractivity contribution is 5.80. The van der Waals surface area contributed by atoms with Crippen LogP contribution in [-0.4, -0.2) is 27.2 Å². The zero-order valence-corrected chi connectivity index (χ0v) is 9.55. The molecule has 1 aromatic rings. The van der Waals surface area contributed by atoms with Crippen LogP contribution in [0.2, 0.25) is 0 Å². The van der Waals surface area contributed by atoms with Gasteiger partial charge in [-0.1, -0.05) is 0 Å². The SMILES string of the molecule is Cc1cc([N+](=O)[O-])nn1CCNC(=O)C1CC1. The van der Waals surface area contributed by atoms with Crippen LogP contribution in [0.5, 0.6) is 0 Å². The van der Waals surface area contributed by atoms with Crippen molar-refractivity contribution in [2.24, 2.45) is 5.92 Å². The number of carbonyl (C=O) groups excluding carboxylic acids is 1. The van der Waals surface area contributed by atoms with Gasteiger partial charge in [0.1, 0.15) is 0 Å². The van der Waals surface area contributed by atoms with Crippen LogP contribution < -0.4 is 5.32 Å². The predicted molar refractivity (Wildman–Crippen MR) is 59.4 cm³/mol. The van der Waals surface area contributed by atoms with E-state index in [2.05, 4.69) is 10.4 Å². The topological polar surface area (TPSA) is 90.1 Å². The van der Waals surface area contributed by atoms with Crippen LogP contribution in [0.3, 0.4) is 0 Å². The maximum atomic E-state index is 11.3. The molecular formula is C10H14N4O3. The van der Waals surface area contributed by atoms with Crippen molar-refractivity contribution in [2.45, 2.75) is 26.3 Å². The first-order chi connectivity index (χ1) is 8.08. The second kappa shape index (κ2) is 4.52. The number of hydrogen-bond acceptors (Lipinski definition) is 4. The van der Waals surface area contributed by atoms with E-state index in [1.807, 2.05) is 0 Å². The quantitative estimate of drug-likeness (QED) is 0.601. The second-order valence-electron chi connectivity index (χ2n) is 4.19. The number of carbonyl (C=O) groups is 1. The number of nitrogens with one attached hydrogen (secondary N) is 1. The van der Waals surface area contributed by atoms with Gasteiger partial charge >= 0.3 is 5.82 Å². The molecule has 1 heterocycles. The Hall–Kier alpha value is -1.92. The lowest BCUT2D eigenvalue weighted by Gasteiger charge is -2.02. The highest BCUT2D eigenvalue weighted by atomic mass is 16.6. The normalized spacial score (nSPS) is 14.6. The van der Waals surface area contributed by atoms with E-state index in [-0.39, 0.29) is 17.6 Å². The van der Waals surface area contributed by atoms with Gasteiger partial charge in [-0.2, -0.15) is 4.68 Å². The van der Waals surface area contributed by atoms with Crippen LogP contribution in [0.25, 0.3) is 0 Å². The molecule has 7 heteroatoms. The summed E-state index contributed by atoms with van der Waals surface area (Å²) >= 11 is 0. The van der Waals surface area contributed by atoms with Crippen molar-refractivity contribution < 1.29 is 9.72 Å². The standard InChI is InChI=1S/C10H14N4O3/c1-7-6-9(14(16)17)12-13(7)5-4-11-10(15)8-2-3-8/h6,8H,2-5H2,1H3,(H,11,15). The fourth-order valence-electron chi connectivity index (χ4n) is 1.58. The van der Waals surface area contributed by atoms with Crippen molar-refractivity contribution in [1.29, 1.82) is 0 Å². The van der Waals surface area contributed by atoms with Gasteiger partial charge in [-0.3, -0.25) is 4.79 Å². The third kappa shape index (κ3) is 2.80.